The first-order valence-electron chi connectivity index (χ1n) is 9.19. The van der Waals surface area contributed by atoms with Crippen LogP contribution in [0.4, 0.5) is 4.39 Å². The zero-order valence-corrected chi connectivity index (χ0v) is 15.0. The zero-order chi connectivity index (χ0) is 18.6. The van der Waals surface area contributed by atoms with Gasteiger partial charge in [-0.15, -0.1) is 0 Å². The summed E-state index contributed by atoms with van der Waals surface area (Å²) in [5, 5.41) is 0.627. The Bertz CT molecular complexity index is 1040. The summed E-state index contributed by atoms with van der Waals surface area (Å²) in [7, 11) is 0. The molecule has 0 bridgehead atoms. The number of rotatable bonds is 5. The number of halogens is 1. The molecule has 0 fully saturated rings. The van der Waals surface area contributed by atoms with Gasteiger partial charge >= 0.3 is 0 Å². The maximum absolute atomic E-state index is 13.3. The van der Waals surface area contributed by atoms with Crippen LogP contribution in [0.1, 0.15) is 24.1 Å². The Morgan fingerprint density at radius 2 is 2.11 bits per heavy atom. The third kappa shape index (κ3) is 4.11. The lowest BCUT2D eigenvalue weighted by molar-refractivity contribution is 0.297. The van der Waals surface area contributed by atoms with Gasteiger partial charge in [-0.25, -0.2) is 4.98 Å². The molecule has 6 heteroatoms. The molecule has 0 atom stereocenters. The van der Waals surface area contributed by atoms with Crippen molar-refractivity contribution in [1.29, 1.82) is 0 Å². The van der Waals surface area contributed by atoms with Gasteiger partial charge in [0.2, 0.25) is 5.95 Å². The standard InChI is InChI=1S/C21H21FN4O/c22-20-13-16(5-9-24-20)15-6-11-26(12-7-15)10-2-3-17-14-19-18(21(27)25-17)4-1-8-23-19/h1,4-6,8-9,13-14H,2-3,7,10-12H2,(H,25,27). The van der Waals surface area contributed by atoms with Gasteiger partial charge in [-0.1, -0.05) is 6.08 Å². The van der Waals surface area contributed by atoms with Crippen molar-refractivity contribution in [3.63, 3.8) is 0 Å². The molecule has 3 aromatic rings. The Hall–Kier alpha value is -2.86. The number of aromatic nitrogens is 3. The van der Waals surface area contributed by atoms with Crippen LogP contribution in [0.25, 0.3) is 16.5 Å². The Balaban J connectivity index is 1.33. The summed E-state index contributed by atoms with van der Waals surface area (Å²) in [6.07, 6.45) is 8.06. The molecule has 5 nitrogen and oxygen atoms in total. The summed E-state index contributed by atoms with van der Waals surface area (Å²) in [4.78, 5) is 25.3. The van der Waals surface area contributed by atoms with Crippen molar-refractivity contribution in [1.82, 2.24) is 19.9 Å². The third-order valence-electron chi connectivity index (χ3n) is 4.98. The molecule has 0 aromatic carbocycles. The van der Waals surface area contributed by atoms with Gasteiger partial charge in [0.1, 0.15) is 0 Å². The number of fused-ring (bicyclic) bond motifs is 1. The minimum Gasteiger partial charge on any atom is -0.326 e. The van der Waals surface area contributed by atoms with E-state index in [1.807, 2.05) is 12.1 Å². The number of hydrogen-bond donors (Lipinski definition) is 1. The van der Waals surface area contributed by atoms with Gasteiger partial charge < -0.3 is 4.98 Å². The molecule has 27 heavy (non-hydrogen) atoms. The average Bonchev–Trinajstić information content (AvgIpc) is 2.69. The van der Waals surface area contributed by atoms with E-state index in [9.17, 15) is 9.18 Å². The first-order chi connectivity index (χ1) is 13.2. The van der Waals surface area contributed by atoms with Crippen LogP contribution in [0.5, 0.6) is 0 Å². The van der Waals surface area contributed by atoms with Crippen molar-refractivity contribution in [3.05, 3.63) is 76.4 Å². The van der Waals surface area contributed by atoms with Crippen LogP contribution in [0.3, 0.4) is 0 Å². The van der Waals surface area contributed by atoms with Gasteiger partial charge in [-0.2, -0.15) is 4.39 Å². The van der Waals surface area contributed by atoms with Gasteiger partial charge in [0.15, 0.2) is 0 Å². The number of H-pyrrole nitrogens is 1. The Morgan fingerprint density at radius 1 is 1.19 bits per heavy atom. The third-order valence-corrected chi connectivity index (χ3v) is 4.98. The van der Waals surface area contributed by atoms with E-state index in [0.29, 0.717) is 5.39 Å². The zero-order valence-electron chi connectivity index (χ0n) is 15.0. The molecule has 0 unspecified atom stereocenters. The molecule has 0 spiro atoms. The molecule has 4 heterocycles. The lowest BCUT2D eigenvalue weighted by Gasteiger charge is -2.26. The van der Waals surface area contributed by atoms with Gasteiger partial charge in [0.05, 0.1) is 10.9 Å². The van der Waals surface area contributed by atoms with Crippen LogP contribution < -0.4 is 5.56 Å². The molecule has 1 aliphatic rings. The molecule has 0 radical (unpaired) electrons. The summed E-state index contributed by atoms with van der Waals surface area (Å²) < 4.78 is 13.3. The first kappa shape index (κ1) is 17.5. The summed E-state index contributed by atoms with van der Waals surface area (Å²) >= 11 is 0. The van der Waals surface area contributed by atoms with E-state index >= 15 is 0 Å². The van der Waals surface area contributed by atoms with Gasteiger partial charge in [-0.3, -0.25) is 14.7 Å². The van der Waals surface area contributed by atoms with Crippen LogP contribution in [-0.2, 0) is 6.42 Å². The Labute approximate surface area is 156 Å². The maximum atomic E-state index is 13.3. The van der Waals surface area contributed by atoms with Crippen LogP contribution >= 0.6 is 0 Å². The summed E-state index contributed by atoms with van der Waals surface area (Å²) in [5.74, 6) is -0.435. The van der Waals surface area contributed by atoms with Gasteiger partial charge in [-0.05, 0) is 61.2 Å². The van der Waals surface area contributed by atoms with Crippen molar-refractivity contribution in [3.8, 4) is 0 Å². The van der Waals surface area contributed by atoms with E-state index in [0.717, 1.165) is 55.7 Å². The highest BCUT2D eigenvalue weighted by atomic mass is 19.1. The molecule has 0 aliphatic carbocycles. The molecule has 3 aromatic heterocycles. The topological polar surface area (TPSA) is 61.9 Å². The molecular formula is C21H21FN4O. The molecule has 0 saturated carbocycles. The molecule has 1 N–H and O–H groups in total. The second kappa shape index (κ2) is 7.80. The summed E-state index contributed by atoms with van der Waals surface area (Å²) in [6, 6.07) is 8.87. The van der Waals surface area contributed by atoms with E-state index in [2.05, 4.69) is 25.9 Å². The minimum atomic E-state index is -0.435. The molecule has 1 aliphatic heterocycles. The second-order valence-corrected chi connectivity index (χ2v) is 6.81. The van der Waals surface area contributed by atoms with Crippen molar-refractivity contribution in [2.24, 2.45) is 0 Å². The van der Waals surface area contributed by atoms with Crippen LogP contribution in [0.2, 0.25) is 0 Å². The highest BCUT2D eigenvalue weighted by Gasteiger charge is 2.13. The van der Waals surface area contributed by atoms with Crippen LogP contribution in [0.15, 0.2) is 53.6 Å². The number of hydrogen-bond acceptors (Lipinski definition) is 4. The van der Waals surface area contributed by atoms with E-state index in [4.69, 9.17) is 0 Å². The fraction of sp³-hybridized carbons (Fsp3) is 0.286. The second-order valence-electron chi connectivity index (χ2n) is 6.81. The van der Waals surface area contributed by atoms with Crippen molar-refractivity contribution in [2.45, 2.75) is 19.3 Å². The lowest BCUT2D eigenvalue weighted by atomic mass is 10.0. The molecular weight excluding hydrogens is 343 g/mol. The van der Waals surface area contributed by atoms with E-state index in [-0.39, 0.29) is 5.56 Å². The first-order valence-corrected chi connectivity index (χ1v) is 9.19. The Morgan fingerprint density at radius 3 is 2.93 bits per heavy atom. The lowest BCUT2D eigenvalue weighted by Crippen LogP contribution is -2.29. The predicted molar refractivity (Wildman–Crippen MR) is 104 cm³/mol. The highest BCUT2D eigenvalue weighted by Crippen LogP contribution is 2.22. The molecule has 138 valence electrons. The molecule has 0 amide bonds. The average molecular weight is 364 g/mol. The number of pyridine rings is 3. The quantitative estimate of drug-likeness (QED) is 0.707. The number of aromatic amines is 1. The van der Waals surface area contributed by atoms with Crippen LogP contribution in [-0.4, -0.2) is 39.5 Å². The summed E-state index contributed by atoms with van der Waals surface area (Å²) in [5.41, 5.74) is 3.68. The minimum absolute atomic E-state index is 0.0780. The van der Waals surface area contributed by atoms with Crippen molar-refractivity contribution < 1.29 is 4.39 Å². The van der Waals surface area contributed by atoms with Gasteiger partial charge in [0.25, 0.3) is 5.56 Å². The van der Waals surface area contributed by atoms with E-state index in [1.54, 1.807) is 18.3 Å². The summed E-state index contributed by atoms with van der Waals surface area (Å²) in [6.45, 7) is 2.76. The smallest absolute Gasteiger partial charge is 0.257 e. The highest BCUT2D eigenvalue weighted by molar-refractivity contribution is 5.77. The van der Waals surface area contributed by atoms with Gasteiger partial charge in [0, 0.05) is 37.2 Å². The number of nitrogens with one attached hydrogen (secondary N) is 1. The maximum Gasteiger partial charge on any atom is 0.257 e. The predicted octanol–water partition coefficient (Wildman–Crippen LogP) is 3.18. The fourth-order valence-electron chi connectivity index (χ4n) is 3.55. The number of aryl methyl sites for hydroxylation is 1. The van der Waals surface area contributed by atoms with Crippen molar-refractivity contribution >= 4 is 16.5 Å². The monoisotopic (exact) mass is 364 g/mol. The SMILES string of the molecule is O=c1[nH]c(CCCN2CC=C(c3ccnc(F)c3)CC2)cc2ncccc12. The molecule has 4 rings (SSSR count). The molecule has 0 saturated heterocycles. The van der Waals surface area contributed by atoms with Crippen molar-refractivity contribution in [2.75, 3.05) is 19.6 Å². The normalized spacial score (nSPS) is 15.1. The Kier molecular flexibility index (Phi) is 5.07. The van der Waals surface area contributed by atoms with E-state index in [1.165, 1.54) is 17.8 Å². The number of nitrogens with zero attached hydrogens (tertiary/aromatic N) is 3. The fourth-order valence-corrected chi connectivity index (χ4v) is 3.55. The largest absolute Gasteiger partial charge is 0.326 e. The van der Waals surface area contributed by atoms with E-state index < -0.39 is 5.95 Å². The van der Waals surface area contributed by atoms with Crippen LogP contribution in [0, 0.1) is 5.95 Å².